The fraction of sp³-hybridized carbons (Fsp3) is 0.562. The van der Waals surface area contributed by atoms with E-state index < -0.39 is 4.92 Å². The largest absolute Gasteiger partial charge is 0.393 e. The van der Waals surface area contributed by atoms with Gasteiger partial charge in [-0.2, -0.15) is 0 Å². The molecular weight excluding hydrogens is 298 g/mol. The third kappa shape index (κ3) is 5.30. The molecule has 23 heavy (non-hydrogen) atoms. The molecule has 1 aliphatic rings. The van der Waals surface area contributed by atoms with Crippen LogP contribution in [0.4, 0.5) is 5.69 Å². The molecule has 1 fully saturated rings. The number of aryl methyl sites for hydroxylation is 1. The lowest BCUT2D eigenvalue weighted by atomic mass is 10.1. The number of rotatable bonds is 6. The van der Waals surface area contributed by atoms with Crippen molar-refractivity contribution in [3.05, 3.63) is 39.4 Å². The van der Waals surface area contributed by atoms with Crippen molar-refractivity contribution in [3.8, 4) is 0 Å². The second kappa shape index (κ2) is 8.03. The van der Waals surface area contributed by atoms with E-state index in [9.17, 15) is 20.0 Å². The van der Waals surface area contributed by atoms with Crippen LogP contribution in [0.25, 0.3) is 0 Å². The Labute approximate surface area is 135 Å². The summed E-state index contributed by atoms with van der Waals surface area (Å²) in [6.07, 6.45) is 2.25. The number of non-ortho nitro benzene ring substituents is 1. The third-order valence-corrected chi connectivity index (χ3v) is 4.03. The average molecular weight is 321 g/mol. The van der Waals surface area contributed by atoms with Crippen LogP contribution in [0.15, 0.2) is 18.2 Å². The van der Waals surface area contributed by atoms with Crippen molar-refractivity contribution in [1.82, 2.24) is 10.2 Å². The number of likely N-dealkylation sites (tertiary alicyclic amines) is 1. The lowest BCUT2D eigenvalue weighted by molar-refractivity contribution is -0.384. The van der Waals surface area contributed by atoms with Gasteiger partial charge in [0.15, 0.2) is 0 Å². The standard InChI is InChI=1S/C16H23N3O4/c1-12-9-13(11-14(10-12)19(22)23)16(21)17-5-2-6-18-7-3-15(20)4-8-18/h9-11,15,20H,2-8H2,1H3,(H,17,21). The van der Waals surface area contributed by atoms with Gasteiger partial charge in [-0.3, -0.25) is 14.9 Å². The van der Waals surface area contributed by atoms with Gasteiger partial charge in [0.05, 0.1) is 11.0 Å². The van der Waals surface area contributed by atoms with E-state index in [2.05, 4.69) is 10.2 Å². The minimum atomic E-state index is -0.492. The number of nitro benzene ring substituents is 1. The highest BCUT2D eigenvalue weighted by Gasteiger charge is 2.16. The van der Waals surface area contributed by atoms with Gasteiger partial charge in [0.25, 0.3) is 11.6 Å². The monoisotopic (exact) mass is 321 g/mol. The summed E-state index contributed by atoms with van der Waals surface area (Å²) < 4.78 is 0. The Morgan fingerprint density at radius 1 is 1.39 bits per heavy atom. The first kappa shape index (κ1) is 17.4. The number of nitro groups is 1. The van der Waals surface area contributed by atoms with E-state index in [1.807, 2.05) is 0 Å². The zero-order valence-corrected chi connectivity index (χ0v) is 13.3. The number of benzene rings is 1. The molecule has 7 heteroatoms. The van der Waals surface area contributed by atoms with Crippen LogP contribution in [0.5, 0.6) is 0 Å². The number of piperidine rings is 1. The van der Waals surface area contributed by atoms with Crippen LogP contribution in [0.2, 0.25) is 0 Å². The van der Waals surface area contributed by atoms with Crippen molar-refractivity contribution in [2.75, 3.05) is 26.2 Å². The molecule has 0 saturated carbocycles. The lowest BCUT2D eigenvalue weighted by Crippen LogP contribution is -2.37. The molecule has 1 aliphatic heterocycles. The summed E-state index contributed by atoms with van der Waals surface area (Å²) in [5.74, 6) is -0.286. The molecule has 0 radical (unpaired) electrons. The van der Waals surface area contributed by atoms with Gasteiger partial charge in [0.1, 0.15) is 0 Å². The van der Waals surface area contributed by atoms with Crippen LogP contribution in [-0.2, 0) is 0 Å². The van der Waals surface area contributed by atoms with Gasteiger partial charge in [-0.05, 0) is 44.4 Å². The van der Waals surface area contributed by atoms with Crippen LogP contribution in [0, 0.1) is 17.0 Å². The predicted molar refractivity (Wildman–Crippen MR) is 86.5 cm³/mol. The predicted octanol–water partition coefficient (Wildman–Crippen LogP) is 1.48. The maximum absolute atomic E-state index is 12.1. The molecule has 2 rings (SSSR count). The lowest BCUT2D eigenvalue weighted by Gasteiger charge is -2.29. The molecule has 0 aliphatic carbocycles. The van der Waals surface area contributed by atoms with Gasteiger partial charge < -0.3 is 15.3 Å². The molecule has 0 spiro atoms. The number of hydrogen-bond acceptors (Lipinski definition) is 5. The number of amides is 1. The quantitative estimate of drug-likeness (QED) is 0.470. The summed E-state index contributed by atoms with van der Waals surface area (Å²) in [5, 5.41) is 23.1. The van der Waals surface area contributed by atoms with Gasteiger partial charge in [-0.25, -0.2) is 0 Å². The van der Waals surface area contributed by atoms with Gasteiger partial charge in [0, 0.05) is 37.3 Å². The number of aliphatic hydroxyl groups excluding tert-OH is 1. The van der Waals surface area contributed by atoms with Crippen molar-refractivity contribution in [1.29, 1.82) is 0 Å². The Hall–Kier alpha value is -1.99. The normalized spacial score (nSPS) is 16.3. The molecule has 1 saturated heterocycles. The van der Waals surface area contributed by atoms with Gasteiger partial charge >= 0.3 is 0 Å². The molecular formula is C16H23N3O4. The number of hydrogen-bond donors (Lipinski definition) is 2. The Balaban J connectivity index is 1.77. The van der Waals surface area contributed by atoms with E-state index in [-0.39, 0.29) is 17.7 Å². The topological polar surface area (TPSA) is 95.7 Å². The first-order valence-electron chi connectivity index (χ1n) is 7.90. The molecule has 0 bridgehead atoms. The van der Waals surface area contributed by atoms with Crippen molar-refractivity contribution in [2.24, 2.45) is 0 Å². The summed E-state index contributed by atoms with van der Waals surface area (Å²) in [5.41, 5.74) is 0.941. The van der Waals surface area contributed by atoms with Crippen molar-refractivity contribution >= 4 is 11.6 Å². The summed E-state index contributed by atoms with van der Waals surface area (Å²) in [6.45, 7) is 4.91. The van der Waals surface area contributed by atoms with Crippen molar-refractivity contribution in [2.45, 2.75) is 32.3 Å². The SMILES string of the molecule is Cc1cc(C(=O)NCCCN2CCC(O)CC2)cc([N+](=O)[O-])c1. The van der Waals surface area contributed by atoms with Crippen LogP contribution in [-0.4, -0.2) is 53.1 Å². The third-order valence-electron chi connectivity index (χ3n) is 4.03. The summed E-state index contributed by atoms with van der Waals surface area (Å²) in [6, 6.07) is 4.39. The average Bonchev–Trinajstić information content (AvgIpc) is 2.52. The first-order valence-corrected chi connectivity index (χ1v) is 7.90. The maximum Gasteiger partial charge on any atom is 0.270 e. The second-order valence-electron chi connectivity index (χ2n) is 6.00. The number of aliphatic hydroxyl groups is 1. The Morgan fingerprint density at radius 2 is 2.09 bits per heavy atom. The molecule has 0 unspecified atom stereocenters. The second-order valence-corrected chi connectivity index (χ2v) is 6.00. The smallest absolute Gasteiger partial charge is 0.270 e. The molecule has 7 nitrogen and oxygen atoms in total. The number of nitrogens with zero attached hydrogens (tertiary/aromatic N) is 2. The van der Waals surface area contributed by atoms with E-state index in [1.54, 1.807) is 13.0 Å². The molecule has 2 N–H and O–H groups in total. The van der Waals surface area contributed by atoms with E-state index in [4.69, 9.17) is 0 Å². The highest BCUT2D eigenvalue weighted by atomic mass is 16.6. The fourth-order valence-electron chi connectivity index (χ4n) is 2.75. The van der Waals surface area contributed by atoms with Crippen LogP contribution >= 0.6 is 0 Å². The maximum atomic E-state index is 12.1. The number of carbonyl (C=O) groups is 1. The minimum Gasteiger partial charge on any atom is -0.393 e. The number of nitrogens with one attached hydrogen (secondary N) is 1. The van der Waals surface area contributed by atoms with Crippen LogP contribution in [0.3, 0.4) is 0 Å². The zero-order valence-electron chi connectivity index (χ0n) is 13.3. The minimum absolute atomic E-state index is 0.0676. The molecule has 1 aromatic rings. The summed E-state index contributed by atoms with van der Waals surface area (Å²) in [4.78, 5) is 24.7. The van der Waals surface area contributed by atoms with Crippen molar-refractivity contribution in [3.63, 3.8) is 0 Å². The Morgan fingerprint density at radius 3 is 2.74 bits per heavy atom. The molecule has 126 valence electrons. The van der Waals surface area contributed by atoms with E-state index >= 15 is 0 Å². The molecule has 1 amide bonds. The molecule has 0 atom stereocenters. The van der Waals surface area contributed by atoms with Crippen LogP contribution < -0.4 is 5.32 Å². The first-order chi connectivity index (χ1) is 11.0. The van der Waals surface area contributed by atoms with Gasteiger partial charge in [0.2, 0.25) is 0 Å². The summed E-state index contributed by atoms with van der Waals surface area (Å²) in [7, 11) is 0. The van der Waals surface area contributed by atoms with Crippen molar-refractivity contribution < 1.29 is 14.8 Å². The molecule has 0 aromatic heterocycles. The van der Waals surface area contributed by atoms with Crippen LogP contribution in [0.1, 0.15) is 35.2 Å². The molecule has 1 heterocycles. The van der Waals surface area contributed by atoms with Gasteiger partial charge in [-0.15, -0.1) is 0 Å². The fourth-order valence-corrected chi connectivity index (χ4v) is 2.75. The summed E-state index contributed by atoms with van der Waals surface area (Å²) >= 11 is 0. The Kier molecular flexibility index (Phi) is 6.06. The Bertz CT molecular complexity index is 568. The zero-order chi connectivity index (χ0) is 16.8. The number of carbonyl (C=O) groups excluding carboxylic acids is 1. The highest BCUT2D eigenvalue weighted by molar-refractivity contribution is 5.95. The van der Waals surface area contributed by atoms with E-state index in [0.29, 0.717) is 17.7 Å². The molecule has 1 aromatic carbocycles. The highest BCUT2D eigenvalue weighted by Crippen LogP contribution is 2.16. The van der Waals surface area contributed by atoms with E-state index in [1.165, 1.54) is 12.1 Å². The van der Waals surface area contributed by atoms with E-state index in [0.717, 1.165) is 38.9 Å². The van der Waals surface area contributed by atoms with Gasteiger partial charge in [-0.1, -0.05) is 0 Å².